The first-order valence-corrected chi connectivity index (χ1v) is 6.09. The van der Waals surface area contributed by atoms with E-state index in [1.807, 2.05) is 6.07 Å². The molecule has 2 nitrogen and oxygen atoms in total. The second-order valence-electron chi connectivity index (χ2n) is 5.69. The molecule has 0 spiro atoms. The van der Waals surface area contributed by atoms with Gasteiger partial charge in [-0.1, -0.05) is 12.1 Å². The average molecular weight is 237 g/mol. The first-order valence-electron chi connectivity index (χ1n) is 6.09. The normalized spacial score (nSPS) is 28.0. The first kappa shape index (κ1) is 12.5. The van der Waals surface area contributed by atoms with Gasteiger partial charge < -0.3 is 10.4 Å². The summed E-state index contributed by atoms with van der Waals surface area (Å²) in [5, 5.41) is 13.2. The summed E-state index contributed by atoms with van der Waals surface area (Å²) >= 11 is 0. The fraction of sp³-hybridized carbons (Fsp3) is 0.571. The molecule has 3 heteroatoms. The maximum atomic E-state index is 13.3. The molecule has 0 saturated carbocycles. The summed E-state index contributed by atoms with van der Waals surface area (Å²) < 4.78 is 13.3. The molecule has 0 aromatic heterocycles. The minimum absolute atomic E-state index is 0.0205. The van der Waals surface area contributed by atoms with Gasteiger partial charge in [-0.05, 0) is 50.9 Å². The summed E-state index contributed by atoms with van der Waals surface area (Å²) in [6.07, 6.45) is 1.66. The zero-order chi connectivity index (χ0) is 12.5. The summed E-state index contributed by atoms with van der Waals surface area (Å²) in [6, 6.07) is 6.64. The number of rotatable bonds is 2. The van der Waals surface area contributed by atoms with Gasteiger partial charge in [0.1, 0.15) is 5.82 Å². The third kappa shape index (κ3) is 2.50. The molecule has 0 aliphatic carbocycles. The van der Waals surface area contributed by atoms with Crippen molar-refractivity contribution in [1.82, 2.24) is 5.32 Å². The molecule has 1 fully saturated rings. The predicted octanol–water partition coefficient (Wildman–Crippen LogP) is 2.22. The fourth-order valence-corrected chi connectivity index (χ4v) is 2.93. The molecule has 1 aromatic rings. The van der Waals surface area contributed by atoms with Crippen LogP contribution in [0.4, 0.5) is 4.39 Å². The molecule has 0 radical (unpaired) electrons. The summed E-state index contributed by atoms with van der Waals surface area (Å²) in [5.41, 5.74) is 0.582. The molecule has 0 bridgehead atoms. The quantitative estimate of drug-likeness (QED) is 0.826. The van der Waals surface area contributed by atoms with Crippen LogP contribution >= 0.6 is 0 Å². The molecular weight excluding hydrogens is 217 g/mol. The summed E-state index contributed by atoms with van der Waals surface area (Å²) in [6.45, 7) is 5.16. The Hall–Kier alpha value is -0.930. The van der Waals surface area contributed by atoms with Crippen LogP contribution in [0.3, 0.4) is 0 Å². The van der Waals surface area contributed by atoms with E-state index in [1.54, 1.807) is 12.1 Å². The molecular formula is C14H20FNO. The first-order chi connectivity index (χ1) is 7.97. The van der Waals surface area contributed by atoms with Gasteiger partial charge in [-0.2, -0.15) is 0 Å². The maximum Gasteiger partial charge on any atom is 0.123 e. The van der Waals surface area contributed by atoms with Gasteiger partial charge in [0.25, 0.3) is 0 Å². The van der Waals surface area contributed by atoms with Gasteiger partial charge in [0.05, 0.1) is 6.61 Å². The van der Waals surface area contributed by atoms with Crippen molar-refractivity contribution in [3.63, 3.8) is 0 Å². The highest BCUT2D eigenvalue weighted by molar-refractivity contribution is 5.28. The second kappa shape index (κ2) is 4.39. The summed E-state index contributed by atoms with van der Waals surface area (Å²) in [5.74, 6) is -0.230. The predicted molar refractivity (Wildman–Crippen MR) is 66.5 cm³/mol. The van der Waals surface area contributed by atoms with Crippen molar-refractivity contribution in [2.24, 2.45) is 0 Å². The van der Waals surface area contributed by atoms with Crippen molar-refractivity contribution in [3.05, 3.63) is 35.6 Å². The molecule has 17 heavy (non-hydrogen) atoms. The van der Waals surface area contributed by atoms with E-state index in [1.165, 1.54) is 6.07 Å². The van der Waals surface area contributed by atoms with Crippen molar-refractivity contribution in [2.75, 3.05) is 13.2 Å². The monoisotopic (exact) mass is 237 g/mol. The van der Waals surface area contributed by atoms with E-state index in [4.69, 9.17) is 0 Å². The smallest absolute Gasteiger partial charge is 0.123 e. The highest BCUT2D eigenvalue weighted by Crippen LogP contribution is 2.38. The van der Waals surface area contributed by atoms with Crippen LogP contribution in [0.15, 0.2) is 24.3 Å². The van der Waals surface area contributed by atoms with Gasteiger partial charge in [-0.3, -0.25) is 0 Å². The number of nitrogens with one attached hydrogen (secondary N) is 1. The Morgan fingerprint density at radius 2 is 2.18 bits per heavy atom. The number of benzene rings is 1. The number of aliphatic hydroxyl groups is 1. The van der Waals surface area contributed by atoms with Crippen LogP contribution in [-0.2, 0) is 5.41 Å². The van der Waals surface area contributed by atoms with E-state index in [-0.39, 0.29) is 23.4 Å². The van der Waals surface area contributed by atoms with Crippen LogP contribution in [-0.4, -0.2) is 23.8 Å². The van der Waals surface area contributed by atoms with Crippen LogP contribution in [0.25, 0.3) is 0 Å². The van der Waals surface area contributed by atoms with Crippen molar-refractivity contribution < 1.29 is 9.50 Å². The van der Waals surface area contributed by atoms with Gasteiger partial charge in [0.2, 0.25) is 0 Å². The van der Waals surface area contributed by atoms with Crippen molar-refractivity contribution >= 4 is 0 Å². The lowest BCUT2D eigenvalue weighted by molar-refractivity contribution is 0.112. The van der Waals surface area contributed by atoms with Crippen LogP contribution in [0.5, 0.6) is 0 Å². The van der Waals surface area contributed by atoms with Crippen LogP contribution in [0.1, 0.15) is 32.3 Å². The Kier molecular flexibility index (Phi) is 3.23. The molecule has 1 aromatic carbocycles. The minimum Gasteiger partial charge on any atom is -0.395 e. The zero-order valence-corrected chi connectivity index (χ0v) is 10.5. The number of halogens is 1. The Balaban J connectivity index is 2.37. The second-order valence-corrected chi connectivity index (χ2v) is 5.69. The number of aliphatic hydroxyl groups excluding tert-OH is 1. The van der Waals surface area contributed by atoms with Crippen LogP contribution < -0.4 is 5.32 Å². The van der Waals surface area contributed by atoms with Gasteiger partial charge in [0.15, 0.2) is 0 Å². The summed E-state index contributed by atoms with van der Waals surface area (Å²) in [4.78, 5) is 0. The molecule has 1 heterocycles. The lowest BCUT2D eigenvalue weighted by atomic mass is 9.68. The van der Waals surface area contributed by atoms with Gasteiger partial charge in [-0.15, -0.1) is 0 Å². The fourth-order valence-electron chi connectivity index (χ4n) is 2.93. The van der Waals surface area contributed by atoms with Crippen molar-refractivity contribution in [3.8, 4) is 0 Å². The Morgan fingerprint density at radius 3 is 2.76 bits per heavy atom. The largest absolute Gasteiger partial charge is 0.395 e. The van der Waals surface area contributed by atoms with E-state index in [0.29, 0.717) is 0 Å². The van der Waals surface area contributed by atoms with E-state index in [9.17, 15) is 9.50 Å². The van der Waals surface area contributed by atoms with Crippen molar-refractivity contribution in [2.45, 2.75) is 37.6 Å². The minimum atomic E-state index is -0.309. The third-order valence-electron chi connectivity index (χ3n) is 3.73. The number of hydrogen-bond acceptors (Lipinski definition) is 2. The highest BCUT2D eigenvalue weighted by atomic mass is 19.1. The van der Waals surface area contributed by atoms with Gasteiger partial charge in [-0.25, -0.2) is 4.39 Å². The Bertz CT molecular complexity index is 405. The molecule has 0 amide bonds. The SMILES string of the molecule is CC1(C)CC(CO)(c2cccc(F)c2)CCN1. The van der Waals surface area contributed by atoms with Crippen LogP contribution in [0, 0.1) is 5.82 Å². The van der Waals surface area contributed by atoms with E-state index < -0.39 is 0 Å². The maximum absolute atomic E-state index is 13.3. The number of hydrogen-bond donors (Lipinski definition) is 2. The molecule has 2 rings (SSSR count). The number of piperidine rings is 1. The molecule has 94 valence electrons. The lowest BCUT2D eigenvalue weighted by Crippen LogP contribution is -2.54. The Morgan fingerprint density at radius 1 is 1.41 bits per heavy atom. The third-order valence-corrected chi connectivity index (χ3v) is 3.73. The van der Waals surface area contributed by atoms with E-state index in [2.05, 4.69) is 19.2 Å². The zero-order valence-electron chi connectivity index (χ0n) is 10.5. The topological polar surface area (TPSA) is 32.3 Å². The molecule has 1 aliphatic rings. The lowest BCUT2D eigenvalue weighted by Gasteiger charge is -2.45. The molecule has 2 N–H and O–H groups in total. The average Bonchev–Trinajstić information content (AvgIpc) is 2.27. The molecule has 1 aliphatic heterocycles. The van der Waals surface area contributed by atoms with Crippen molar-refractivity contribution in [1.29, 1.82) is 0 Å². The summed E-state index contributed by atoms with van der Waals surface area (Å²) in [7, 11) is 0. The van der Waals surface area contributed by atoms with E-state index >= 15 is 0 Å². The molecule has 1 atom stereocenters. The molecule has 1 unspecified atom stereocenters. The van der Waals surface area contributed by atoms with Crippen LogP contribution in [0.2, 0.25) is 0 Å². The van der Waals surface area contributed by atoms with Gasteiger partial charge >= 0.3 is 0 Å². The Labute approximate surface area is 102 Å². The highest BCUT2D eigenvalue weighted by Gasteiger charge is 2.40. The van der Waals surface area contributed by atoms with Gasteiger partial charge in [0, 0.05) is 11.0 Å². The standard InChI is InChI=1S/C14H20FNO/c1-13(2)9-14(10-17,6-7-16-13)11-4-3-5-12(15)8-11/h3-5,8,16-17H,6-7,9-10H2,1-2H3. The molecule has 1 saturated heterocycles. The van der Waals surface area contributed by atoms with E-state index in [0.717, 1.165) is 24.9 Å².